The number of hydrogen-bond donors (Lipinski definition) is 1. The van der Waals surface area contributed by atoms with Gasteiger partial charge in [0.25, 0.3) is 0 Å². The van der Waals surface area contributed by atoms with Crippen molar-refractivity contribution in [2.24, 2.45) is 11.8 Å². The quantitative estimate of drug-likeness (QED) is 0.544. The third-order valence-corrected chi connectivity index (χ3v) is 7.32. The standard InChI is InChI=1S/C24H39NO3/c1-7-23(5)17-21(15-12-16-22(26)27)18(3)24(6,8-2)25(23)28-19(4)20-13-10-9-11-14-20/h9-11,13-14,18-19,21H,7-8,12,15-17H2,1-6H3,(H,26,27). The van der Waals surface area contributed by atoms with Crippen LogP contribution in [-0.4, -0.2) is 27.2 Å². The number of carbonyl (C=O) groups is 1. The van der Waals surface area contributed by atoms with Gasteiger partial charge in [-0.25, -0.2) is 0 Å². The highest BCUT2D eigenvalue weighted by Crippen LogP contribution is 2.50. The van der Waals surface area contributed by atoms with Crippen molar-refractivity contribution < 1.29 is 14.7 Å². The maximum Gasteiger partial charge on any atom is 0.303 e. The van der Waals surface area contributed by atoms with E-state index in [9.17, 15) is 4.79 Å². The molecule has 28 heavy (non-hydrogen) atoms. The van der Waals surface area contributed by atoms with Gasteiger partial charge in [-0.3, -0.25) is 9.63 Å². The fraction of sp³-hybridized carbons (Fsp3) is 0.708. The summed E-state index contributed by atoms with van der Waals surface area (Å²) >= 11 is 0. The van der Waals surface area contributed by atoms with E-state index in [0.29, 0.717) is 11.8 Å². The predicted molar refractivity (Wildman–Crippen MR) is 114 cm³/mol. The molecular weight excluding hydrogens is 350 g/mol. The van der Waals surface area contributed by atoms with Gasteiger partial charge in [0.2, 0.25) is 0 Å². The summed E-state index contributed by atoms with van der Waals surface area (Å²) in [5.74, 6) is 0.261. The Morgan fingerprint density at radius 3 is 2.43 bits per heavy atom. The van der Waals surface area contributed by atoms with Crippen molar-refractivity contribution in [2.75, 3.05) is 0 Å². The number of benzene rings is 1. The predicted octanol–water partition coefficient (Wildman–Crippen LogP) is 6.23. The number of rotatable bonds is 9. The number of hydroxylamine groups is 2. The van der Waals surface area contributed by atoms with Crippen LogP contribution in [0.1, 0.15) is 91.7 Å². The highest BCUT2D eigenvalue weighted by molar-refractivity contribution is 5.66. The maximum atomic E-state index is 11.0. The number of aliphatic carboxylic acids is 1. The van der Waals surface area contributed by atoms with Crippen LogP contribution in [0.3, 0.4) is 0 Å². The summed E-state index contributed by atoms with van der Waals surface area (Å²) in [6.45, 7) is 13.6. The second-order valence-corrected chi connectivity index (χ2v) is 9.05. The van der Waals surface area contributed by atoms with Gasteiger partial charge in [0, 0.05) is 17.5 Å². The van der Waals surface area contributed by atoms with Crippen LogP contribution in [-0.2, 0) is 9.63 Å². The molecule has 1 aliphatic rings. The normalized spacial score (nSPS) is 32.2. The summed E-state index contributed by atoms with van der Waals surface area (Å²) in [7, 11) is 0. The summed E-state index contributed by atoms with van der Waals surface area (Å²) < 4.78 is 0. The van der Waals surface area contributed by atoms with Crippen LogP contribution in [0.15, 0.2) is 30.3 Å². The van der Waals surface area contributed by atoms with Gasteiger partial charge in [-0.15, -0.1) is 0 Å². The van der Waals surface area contributed by atoms with E-state index in [4.69, 9.17) is 9.94 Å². The average Bonchev–Trinajstić information content (AvgIpc) is 2.69. The molecule has 158 valence electrons. The molecule has 5 unspecified atom stereocenters. The van der Waals surface area contributed by atoms with Crippen molar-refractivity contribution >= 4 is 5.97 Å². The molecule has 1 N–H and O–H groups in total. The zero-order chi connectivity index (χ0) is 20.9. The fourth-order valence-electron chi connectivity index (χ4n) is 4.95. The van der Waals surface area contributed by atoms with Gasteiger partial charge in [0.15, 0.2) is 0 Å². The molecular formula is C24H39NO3. The van der Waals surface area contributed by atoms with E-state index in [1.165, 1.54) is 5.56 Å². The molecule has 0 saturated carbocycles. The Bertz CT molecular complexity index is 634. The molecule has 4 heteroatoms. The van der Waals surface area contributed by atoms with Crippen LogP contribution in [0.25, 0.3) is 0 Å². The minimum Gasteiger partial charge on any atom is -0.481 e. The zero-order valence-corrected chi connectivity index (χ0v) is 18.6. The monoisotopic (exact) mass is 389 g/mol. The highest BCUT2D eigenvalue weighted by atomic mass is 16.7. The molecule has 1 heterocycles. The Kier molecular flexibility index (Phi) is 7.69. The summed E-state index contributed by atoms with van der Waals surface area (Å²) in [6, 6.07) is 10.4. The second kappa shape index (κ2) is 9.41. The minimum atomic E-state index is -0.693. The second-order valence-electron chi connectivity index (χ2n) is 9.05. The largest absolute Gasteiger partial charge is 0.481 e. The number of piperidine rings is 1. The summed E-state index contributed by atoms with van der Waals surface area (Å²) in [5.41, 5.74) is 1.05. The molecule has 0 aromatic heterocycles. The van der Waals surface area contributed by atoms with Crippen molar-refractivity contribution in [1.82, 2.24) is 5.06 Å². The maximum absolute atomic E-state index is 11.0. The van der Waals surface area contributed by atoms with Crippen molar-refractivity contribution in [3.63, 3.8) is 0 Å². The van der Waals surface area contributed by atoms with Crippen molar-refractivity contribution in [3.8, 4) is 0 Å². The van der Waals surface area contributed by atoms with E-state index in [-0.39, 0.29) is 23.6 Å². The van der Waals surface area contributed by atoms with Gasteiger partial charge in [0.1, 0.15) is 6.10 Å². The Morgan fingerprint density at radius 2 is 1.89 bits per heavy atom. The van der Waals surface area contributed by atoms with E-state index in [1.807, 2.05) is 6.07 Å². The Balaban J connectivity index is 2.26. The Labute approximate surface area is 171 Å². The third-order valence-electron chi connectivity index (χ3n) is 7.32. The fourth-order valence-corrected chi connectivity index (χ4v) is 4.95. The zero-order valence-electron chi connectivity index (χ0n) is 18.6. The van der Waals surface area contributed by atoms with Gasteiger partial charge < -0.3 is 5.11 Å². The smallest absolute Gasteiger partial charge is 0.303 e. The average molecular weight is 390 g/mol. The molecule has 1 saturated heterocycles. The molecule has 0 amide bonds. The SMILES string of the molecule is CCC1(C)CC(CCCC(=O)O)C(C)C(C)(CC)N1OC(C)c1ccccc1. The van der Waals surface area contributed by atoms with Crippen LogP contribution >= 0.6 is 0 Å². The van der Waals surface area contributed by atoms with Gasteiger partial charge in [0.05, 0.1) is 0 Å². The number of nitrogens with zero attached hydrogens (tertiary/aromatic N) is 1. The molecule has 4 nitrogen and oxygen atoms in total. The first-order valence-electron chi connectivity index (χ1n) is 10.9. The lowest BCUT2D eigenvalue weighted by atomic mass is 9.64. The molecule has 1 fully saturated rings. The van der Waals surface area contributed by atoms with Crippen LogP contribution < -0.4 is 0 Å². The molecule has 0 aliphatic carbocycles. The van der Waals surface area contributed by atoms with Crippen molar-refractivity contribution in [1.29, 1.82) is 0 Å². The van der Waals surface area contributed by atoms with E-state index in [2.05, 4.69) is 70.9 Å². The van der Waals surface area contributed by atoms with Crippen LogP contribution in [0.4, 0.5) is 0 Å². The first kappa shape index (κ1) is 22.9. The number of carboxylic acids is 1. The third kappa shape index (κ3) is 4.77. The Hall–Kier alpha value is -1.39. The highest BCUT2D eigenvalue weighted by Gasteiger charge is 2.53. The summed E-state index contributed by atoms with van der Waals surface area (Å²) in [4.78, 5) is 17.7. The van der Waals surface area contributed by atoms with Crippen molar-refractivity contribution in [2.45, 2.75) is 97.2 Å². The molecule has 1 aliphatic heterocycles. The van der Waals surface area contributed by atoms with Gasteiger partial charge in [-0.05, 0) is 70.3 Å². The summed E-state index contributed by atoms with van der Waals surface area (Å²) in [6.07, 6.45) is 5.04. The first-order valence-corrected chi connectivity index (χ1v) is 10.9. The molecule has 1 aromatic rings. The van der Waals surface area contributed by atoms with Crippen molar-refractivity contribution in [3.05, 3.63) is 35.9 Å². The van der Waals surface area contributed by atoms with Gasteiger partial charge >= 0.3 is 5.97 Å². The van der Waals surface area contributed by atoms with Gasteiger partial charge in [-0.1, -0.05) is 51.1 Å². The van der Waals surface area contributed by atoms with E-state index >= 15 is 0 Å². The van der Waals surface area contributed by atoms with Crippen LogP contribution in [0.5, 0.6) is 0 Å². The minimum absolute atomic E-state index is 0.00582. The van der Waals surface area contributed by atoms with E-state index < -0.39 is 5.97 Å². The number of hydrogen-bond acceptors (Lipinski definition) is 3. The molecule has 0 bridgehead atoms. The lowest BCUT2D eigenvalue weighted by molar-refractivity contribution is -0.332. The van der Waals surface area contributed by atoms with Crippen LogP contribution in [0.2, 0.25) is 0 Å². The van der Waals surface area contributed by atoms with E-state index in [1.54, 1.807) is 0 Å². The molecule has 1 aromatic carbocycles. The molecule has 5 atom stereocenters. The Morgan fingerprint density at radius 1 is 1.25 bits per heavy atom. The lowest BCUT2D eigenvalue weighted by Crippen LogP contribution is -2.66. The number of carboxylic acid groups (broad SMARTS) is 1. The van der Waals surface area contributed by atoms with Crippen LogP contribution in [0, 0.1) is 11.8 Å². The van der Waals surface area contributed by atoms with E-state index in [0.717, 1.165) is 32.1 Å². The molecule has 0 radical (unpaired) electrons. The summed E-state index contributed by atoms with van der Waals surface area (Å²) in [5, 5.41) is 11.3. The topological polar surface area (TPSA) is 49.8 Å². The molecule has 2 rings (SSSR count). The van der Waals surface area contributed by atoms with Gasteiger partial charge in [-0.2, -0.15) is 5.06 Å². The molecule has 0 spiro atoms. The first-order chi connectivity index (χ1) is 13.2. The lowest BCUT2D eigenvalue weighted by Gasteiger charge is -2.60.